The first kappa shape index (κ1) is 37.5. The predicted molar refractivity (Wildman–Crippen MR) is 164 cm³/mol. The van der Waals surface area contributed by atoms with E-state index >= 15 is 0 Å². The Balaban J connectivity index is 0.000000402. The molecule has 0 bridgehead atoms. The maximum atomic E-state index is 12.4. The Morgan fingerprint density at radius 1 is 0.659 bits per heavy atom. The van der Waals surface area contributed by atoms with Crippen LogP contribution in [0.15, 0.2) is 23.3 Å². The van der Waals surface area contributed by atoms with Crippen LogP contribution in [0, 0.1) is 23.7 Å². The van der Waals surface area contributed by atoms with Crippen LogP contribution in [0.5, 0.6) is 0 Å². The fourth-order valence-corrected chi connectivity index (χ4v) is 7.77. The number of carboxylic acid groups (broad SMARTS) is 2. The molecule has 2 unspecified atom stereocenters. The molecule has 0 spiro atoms. The molecule has 3 rings (SSSR count). The Morgan fingerprint density at radius 3 is 1.30 bits per heavy atom. The number of methoxy groups -OCH3 is 2. The van der Waals surface area contributed by atoms with Gasteiger partial charge < -0.3 is 29.3 Å². The van der Waals surface area contributed by atoms with Crippen molar-refractivity contribution < 1.29 is 38.9 Å². The molecule has 2 aliphatic heterocycles. The van der Waals surface area contributed by atoms with Gasteiger partial charge in [-0.05, 0) is 131 Å². The first-order chi connectivity index (χ1) is 20.0. The van der Waals surface area contributed by atoms with Crippen LogP contribution >= 0.6 is 0 Å². The van der Waals surface area contributed by atoms with Gasteiger partial charge in [-0.3, -0.25) is 19.4 Å². The van der Waals surface area contributed by atoms with E-state index in [-0.39, 0.29) is 45.2 Å². The standard InChI is InChI=1S/C24H42N2O4.C10H14O4/c1-21(2)11-15(12-22(3,4)25(21)9)17(19(27)28)18(20(29)30)16-13-23(5,6)26(10)24(7,8)14-16;1-13-9(11)7-5-3-4-6-8(7)10(12)14-2/h15-16H,11-14H2,1-10H3,(H,27,28)(H,29,30);3,5,7-8H,4,6H2,1-2H3/p-2/b18-17+;. The third kappa shape index (κ3) is 8.10. The average molecular weight is 619 g/mol. The normalized spacial score (nSPS) is 27.3. The van der Waals surface area contributed by atoms with E-state index in [1.54, 1.807) is 6.08 Å². The number of carboxylic acids is 2. The van der Waals surface area contributed by atoms with Crippen molar-refractivity contribution in [1.82, 2.24) is 9.80 Å². The molecule has 10 nitrogen and oxygen atoms in total. The highest BCUT2D eigenvalue weighted by Gasteiger charge is 2.48. The number of esters is 2. The third-order valence-corrected chi connectivity index (χ3v) is 10.6. The summed E-state index contributed by atoms with van der Waals surface area (Å²) in [6.45, 7) is 16.6. The molecule has 250 valence electrons. The van der Waals surface area contributed by atoms with Crippen LogP contribution < -0.4 is 10.2 Å². The molecule has 0 radical (unpaired) electrons. The van der Waals surface area contributed by atoms with E-state index in [2.05, 4.69) is 74.7 Å². The van der Waals surface area contributed by atoms with Gasteiger partial charge in [0.2, 0.25) is 0 Å². The van der Waals surface area contributed by atoms with Gasteiger partial charge in [0.1, 0.15) is 0 Å². The number of carbonyl (C=O) groups excluding carboxylic acids is 4. The van der Waals surface area contributed by atoms with Crippen LogP contribution in [0.2, 0.25) is 0 Å². The van der Waals surface area contributed by atoms with Gasteiger partial charge >= 0.3 is 11.9 Å². The summed E-state index contributed by atoms with van der Waals surface area (Å²) in [5.74, 6) is -5.13. The van der Waals surface area contributed by atoms with Gasteiger partial charge in [0.25, 0.3) is 0 Å². The van der Waals surface area contributed by atoms with Crippen molar-refractivity contribution in [2.75, 3.05) is 28.3 Å². The summed E-state index contributed by atoms with van der Waals surface area (Å²) in [6, 6.07) is 0. The van der Waals surface area contributed by atoms with Gasteiger partial charge in [-0.1, -0.05) is 12.2 Å². The summed E-state index contributed by atoms with van der Waals surface area (Å²) in [5.41, 5.74) is -1.17. The van der Waals surface area contributed by atoms with Gasteiger partial charge in [-0.25, -0.2) is 0 Å². The molecule has 0 saturated carbocycles. The van der Waals surface area contributed by atoms with Gasteiger partial charge in [0.15, 0.2) is 0 Å². The Labute approximate surface area is 263 Å². The highest BCUT2D eigenvalue weighted by molar-refractivity contribution is 5.98. The Hall–Kier alpha value is -2.72. The molecular weight excluding hydrogens is 564 g/mol. The van der Waals surface area contributed by atoms with Crippen molar-refractivity contribution in [1.29, 1.82) is 0 Å². The second kappa shape index (κ2) is 13.7. The largest absolute Gasteiger partial charge is 0.545 e. The molecule has 10 heteroatoms. The van der Waals surface area contributed by atoms with Gasteiger partial charge in [0.05, 0.1) is 38.0 Å². The van der Waals surface area contributed by atoms with Crippen molar-refractivity contribution in [3.05, 3.63) is 23.3 Å². The minimum atomic E-state index is -1.37. The van der Waals surface area contributed by atoms with Crippen molar-refractivity contribution in [3.63, 3.8) is 0 Å². The topological polar surface area (TPSA) is 139 Å². The Morgan fingerprint density at radius 2 is 1.00 bits per heavy atom. The summed E-state index contributed by atoms with van der Waals surface area (Å²) < 4.78 is 9.25. The van der Waals surface area contributed by atoms with Crippen molar-refractivity contribution >= 4 is 23.9 Å². The highest BCUT2D eigenvalue weighted by Crippen LogP contribution is 2.47. The lowest BCUT2D eigenvalue weighted by molar-refractivity contribution is -0.305. The van der Waals surface area contributed by atoms with Crippen LogP contribution in [-0.2, 0) is 28.7 Å². The minimum Gasteiger partial charge on any atom is -0.545 e. The average Bonchev–Trinajstić information content (AvgIpc) is 2.91. The van der Waals surface area contributed by atoms with E-state index < -0.39 is 35.6 Å². The van der Waals surface area contributed by atoms with Crippen LogP contribution in [0.4, 0.5) is 0 Å². The van der Waals surface area contributed by atoms with Crippen molar-refractivity contribution in [3.8, 4) is 0 Å². The SMILES string of the molecule is CN1C(C)(C)CC(/C(C(=O)[O-])=C(\C(=O)[O-])C2CC(C)(C)N(C)C(C)(C)C2)CC1(C)C.COC(=O)C1C=CCCC1C(=O)OC. The molecule has 2 fully saturated rings. The quantitative estimate of drug-likeness (QED) is 0.248. The smallest absolute Gasteiger partial charge is 0.313 e. The zero-order valence-corrected chi connectivity index (χ0v) is 28.9. The number of nitrogens with zero attached hydrogens (tertiary/aromatic N) is 2. The molecule has 3 aliphatic rings. The molecular formula is C34H54N2O8-2. The van der Waals surface area contributed by atoms with Crippen LogP contribution in [-0.4, -0.2) is 84.1 Å². The lowest BCUT2D eigenvalue weighted by Gasteiger charge is -2.56. The number of carbonyl (C=O) groups is 4. The number of hydrogen-bond donors (Lipinski definition) is 0. The van der Waals surface area contributed by atoms with Gasteiger partial charge in [0, 0.05) is 22.2 Å². The van der Waals surface area contributed by atoms with E-state index in [1.807, 2.05) is 20.2 Å². The zero-order chi connectivity index (χ0) is 34.0. The zero-order valence-electron chi connectivity index (χ0n) is 28.9. The molecule has 0 aromatic carbocycles. The summed E-state index contributed by atoms with van der Waals surface area (Å²) in [5, 5.41) is 24.8. The maximum absolute atomic E-state index is 12.4. The summed E-state index contributed by atoms with van der Waals surface area (Å²) >= 11 is 0. The van der Waals surface area contributed by atoms with Crippen molar-refractivity contribution in [2.24, 2.45) is 23.7 Å². The third-order valence-electron chi connectivity index (χ3n) is 10.6. The molecule has 2 heterocycles. The number of hydrogen-bond acceptors (Lipinski definition) is 10. The van der Waals surface area contributed by atoms with Gasteiger partial charge in [-0.15, -0.1) is 0 Å². The molecule has 0 aromatic heterocycles. The van der Waals surface area contributed by atoms with Crippen LogP contribution in [0.3, 0.4) is 0 Å². The summed E-state index contributed by atoms with van der Waals surface area (Å²) in [6.07, 6.45) is 7.30. The van der Waals surface area contributed by atoms with E-state index in [4.69, 9.17) is 0 Å². The summed E-state index contributed by atoms with van der Waals surface area (Å²) in [4.78, 5) is 51.9. The number of piperidine rings is 2. The molecule has 2 atom stereocenters. The molecule has 1 aliphatic carbocycles. The first-order valence-electron chi connectivity index (χ1n) is 15.5. The predicted octanol–water partition coefficient (Wildman–Crippen LogP) is 2.50. The highest BCUT2D eigenvalue weighted by atomic mass is 16.5. The van der Waals surface area contributed by atoms with E-state index in [1.165, 1.54) is 14.2 Å². The van der Waals surface area contributed by atoms with Gasteiger partial charge in [-0.2, -0.15) is 0 Å². The van der Waals surface area contributed by atoms with E-state index in [9.17, 15) is 29.4 Å². The number of aliphatic carboxylic acids is 2. The fourth-order valence-electron chi connectivity index (χ4n) is 7.77. The van der Waals surface area contributed by atoms with Crippen LogP contribution in [0.25, 0.3) is 0 Å². The lowest BCUT2D eigenvalue weighted by atomic mass is 9.66. The molecule has 0 amide bonds. The Kier molecular flexibility index (Phi) is 11.7. The Bertz CT molecular complexity index is 1070. The van der Waals surface area contributed by atoms with Crippen LogP contribution in [0.1, 0.15) is 93.9 Å². The first-order valence-corrected chi connectivity index (χ1v) is 15.5. The second-order valence-electron chi connectivity index (χ2n) is 15.2. The molecule has 0 aromatic rings. The molecule has 44 heavy (non-hydrogen) atoms. The second-order valence-corrected chi connectivity index (χ2v) is 15.2. The fraction of sp³-hybridized carbons (Fsp3) is 0.765. The maximum Gasteiger partial charge on any atom is 0.313 e. The number of ether oxygens (including phenoxy) is 2. The minimum absolute atomic E-state index is 0.0506. The van der Waals surface area contributed by atoms with E-state index in [0.29, 0.717) is 32.1 Å². The van der Waals surface area contributed by atoms with E-state index in [0.717, 1.165) is 6.42 Å². The monoisotopic (exact) mass is 618 g/mol. The number of allylic oxidation sites excluding steroid dienone is 1. The molecule has 2 saturated heterocycles. The van der Waals surface area contributed by atoms with Crippen molar-refractivity contribution in [2.45, 2.75) is 116 Å². The lowest BCUT2D eigenvalue weighted by Crippen LogP contribution is -2.60. The number of likely N-dealkylation sites (tertiary alicyclic amines) is 2. The molecule has 0 N–H and O–H groups in total. The number of rotatable bonds is 6. The summed E-state index contributed by atoms with van der Waals surface area (Å²) in [7, 11) is 6.73.